The highest BCUT2D eigenvalue weighted by Gasteiger charge is 2.21. The Bertz CT molecular complexity index is 890. The number of nitrogens with one attached hydrogen (secondary N) is 1. The van der Waals surface area contributed by atoms with Crippen molar-refractivity contribution < 1.29 is 17.9 Å². The Labute approximate surface area is 154 Å². The van der Waals surface area contributed by atoms with Crippen molar-refractivity contribution >= 4 is 21.6 Å². The van der Waals surface area contributed by atoms with Crippen LogP contribution >= 0.6 is 0 Å². The summed E-state index contributed by atoms with van der Waals surface area (Å²) in [4.78, 5) is 12.5. The standard InChI is InChI=1S/C19H24N2O4S/c1-13-6-10-17(11-7-13)25-15(3)19(22)20-16-9-8-14(2)18(12-16)26(23,24)21(4)5/h6-12,15H,1-5H3,(H,20,22)/t15-/m0/s1. The molecule has 0 saturated carbocycles. The molecule has 0 radical (unpaired) electrons. The van der Waals surface area contributed by atoms with Crippen molar-refractivity contribution in [2.24, 2.45) is 0 Å². The third kappa shape index (κ3) is 4.62. The Hall–Kier alpha value is -2.38. The predicted octanol–water partition coefficient (Wildman–Crippen LogP) is 2.96. The van der Waals surface area contributed by atoms with Crippen LogP contribution in [0.4, 0.5) is 5.69 Å². The summed E-state index contributed by atoms with van der Waals surface area (Å²) in [7, 11) is -0.648. The monoisotopic (exact) mass is 376 g/mol. The Morgan fingerprint density at radius 2 is 1.69 bits per heavy atom. The molecule has 0 unspecified atom stereocenters. The Kier molecular flexibility index (Phi) is 6.05. The van der Waals surface area contributed by atoms with Crippen LogP contribution in [0.5, 0.6) is 5.75 Å². The molecule has 140 valence electrons. The van der Waals surface area contributed by atoms with Crippen molar-refractivity contribution in [2.45, 2.75) is 31.8 Å². The van der Waals surface area contributed by atoms with E-state index >= 15 is 0 Å². The number of rotatable bonds is 6. The summed E-state index contributed by atoms with van der Waals surface area (Å²) < 4.78 is 31.5. The molecular weight excluding hydrogens is 352 g/mol. The van der Waals surface area contributed by atoms with Crippen molar-refractivity contribution in [1.82, 2.24) is 4.31 Å². The molecule has 1 atom stereocenters. The number of carbonyl (C=O) groups excluding carboxylic acids is 1. The van der Waals surface area contributed by atoms with Crippen LogP contribution < -0.4 is 10.1 Å². The van der Waals surface area contributed by atoms with Gasteiger partial charge in [0.1, 0.15) is 5.75 Å². The molecule has 0 aliphatic rings. The number of nitrogens with zero attached hydrogens (tertiary/aromatic N) is 1. The van der Waals surface area contributed by atoms with Gasteiger partial charge >= 0.3 is 0 Å². The summed E-state index contributed by atoms with van der Waals surface area (Å²) in [6.45, 7) is 5.32. The molecule has 2 aromatic rings. The molecule has 1 N–H and O–H groups in total. The minimum Gasteiger partial charge on any atom is -0.481 e. The van der Waals surface area contributed by atoms with Crippen molar-refractivity contribution in [3.63, 3.8) is 0 Å². The van der Waals surface area contributed by atoms with Gasteiger partial charge in [-0.1, -0.05) is 23.8 Å². The molecule has 0 spiro atoms. The second-order valence-electron chi connectivity index (χ2n) is 6.33. The number of benzene rings is 2. The van der Waals surface area contributed by atoms with E-state index in [9.17, 15) is 13.2 Å². The predicted molar refractivity (Wildman–Crippen MR) is 102 cm³/mol. The molecule has 0 aromatic heterocycles. The SMILES string of the molecule is Cc1ccc(O[C@@H](C)C(=O)Nc2ccc(C)c(S(=O)(=O)N(C)C)c2)cc1. The van der Waals surface area contributed by atoms with Gasteiger partial charge in [-0.25, -0.2) is 12.7 Å². The normalized spacial score (nSPS) is 12.7. The van der Waals surface area contributed by atoms with Gasteiger partial charge in [0.2, 0.25) is 10.0 Å². The molecule has 0 bridgehead atoms. The number of ether oxygens (including phenoxy) is 1. The van der Waals surface area contributed by atoms with E-state index in [1.165, 1.54) is 20.2 Å². The van der Waals surface area contributed by atoms with Gasteiger partial charge in [-0.15, -0.1) is 0 Å². The molecule has 26 heavy (non-hydrogen) atoms. The lowest BCUT2D eigenvalue weighted by atomic mass is 10.2. The molecule has 0 aliphatic heterocycles. The average Bonchev–Trinajstić information content (AvgIpc) is 2.58. The van der Waals surface area contributed by atoms with E-state index in [0.29, 0.717) is 17.0 Å². The van der Waals surface area contributed by atoms with Gasteiger partial charge in [-0.2, -0.15) is 0 Å². The number of anilines is 1. The minimum atomic E-state index is -3.59. The van der Waals surface area contributed by atoms with E-state index in [1.807, 2.05) is 19.1 Å². The Morgan fingerprint density at radius 1 is 1.08 bits per heavy atom. The molecule has 0 fully saturated rings. The van der Waals surface area contributed by atoms with Crippen LogP contribution in [-0.2, 0) is 14.8 Å². The zero-order valence-corrected chi connectivity index (χ0v) is 16.4. The summed E-state index contributed by atoms with van der Waals surface area (Å²) in [5.74, 6) is 0.237. The van der Waals surface area contributed by atoms with Gasteiger partial charge in [0.05, 0.1) is 4.90 Å². The fourth-order valence-corrected chi connectivity index (χ4v) is 3.42. The summed E-state index contributed by atoms with van der Waals surface area (Å²) in [6.07, 6.45) is -0.729. The van der Waals surface area contributed by atoms with Crippen LogP contribution in [0.1, 0.15) is 18.1 Å². The third-order valence-electron chi connectivity index (χ3n) is 3.92. The quantitative estimate of drug-likeness (QED) is 0.841. The lowest BCUT2D eigenvalue weighted by molar-refractivity contribution is -0.122. The topological polar surface area (TPSA) is 75.7 Å². The zero-order chi connectivity index (χ0) is 19.5. The third-order valence-corrected chi connectivity index (χ3v) is 5.87. The first-order chi connectivity index (χ1) is 12.1. The van der Waals surface area contributed by atoms with E-state index in [-0.39, 0.29) is 10.8 Å². The second-order valence-corrected chi connectivity index (χ2v) is 8.45. The van der Waals surface area contributed by atoms with E-state index in [4.69, 9.17) is 4.74 Å². The summed E-state index contributed by atoms with van der Waals surface area (Å²) in [5.41, 5.74) is 2.12. The van der Waals surface area contributed by atoms with Gasteiger partial charge in [0.25, 0.3) is 5.91 Å². The number of aryl methyl sites for hydroxylation is 2. The highest BCUT2D eigenvalue weighted by molar-refractivity contribution is 7.89. The maximum Gasteiger partial charge on any atom is 0.265 e. The fourth-order valence-electron chi connectivity index (χ4n) is 2.27. The smallest absolute Gasteiger partial charge is 0.265 e. The number of hydrogen-bond acceptors (Lipinski definition) is 4. The Morgan fingerprint density at radius 3 is 2.27 bits per heavy atom. The van der Waals surface area contributed by atoms with Crippen LogP contribution in [0, 0.1) is 13.8 Å². The molecular formula is C19H24N2O4S. The van der Waals surface area contributed by atoms with Crippen LogP contribution in [-0.4, -0.2) is 38.8 Å². The van der Waals surface area contributed by atoms with E-state index in [0.717, 1.165) is 9.87 Å². The summed E-state index contributed by atoms with van der Waals surface area (Å²) >= 11 is 0. The van der Waals surface area contributed by atoms with Crippen molar-refractivity contribution in [1.29, 1.82) is 0 Å². The number of carbonyl (C=O) groups is 1. The molecule has 2 aromatic carbocycles. The maximum absolute atomic E-state index is 12.4. The number of sulfonamides is 1. The average molecular weight is 376 g/mol. The van der Waals surface area contributed by atoms with Gasteiger partial charge in [0.15, 0.2) is 6.10 Å². The maximum atomic E-state index is 12.4. The van der Waals surface area contributed by atoms with Gasteiger partial charge in [-0.05, 0) is 50.6 Å². The lowest BCUT2D eigenvalue weighted by Crippen LogP contribution is -2.30. The molecule has 0 saturated heterocycles. The van der Waals surface area contributed by atoms with Crippen molar-refractivity contribution in [3.05, 3.63) is 53.6 Å². The van der Waals surface area contributed by atoms with Gasteiger partial charge < -0.3 is 10.1 Å². The Balaban J connectivity index is 2.15. The van der Waals surface area contributed by atoms with E-state index in [2.05, 4.69) is 5.32 Å². The van der Waals surface area contributed by atoms with Crippen LogP contribution in [0.3, 0.4) is 0 Å². The van der Waals surface area contributed by atoms with Crippen molar-refractivity contribution in [2.75, 3.05) is 19.4 Å². The first-order valence-electron chi connectivity index (χ1n) is 8.18. The molecule has 1 amide bonds. The van der Waals surface area contributed by atoms with Gasteiger partial charge in [-0.3, -0.25) is 4.79 Å². The summed E-state index contributed by atoms with van der Waals surface area (Å²) in [6, 6.07) is 12.2. The first-order valence-corrected chi connectivity index (χ1v) is 9.62. The zero-order valence-electron chi connectivity index (χ0n) is 15.6. The largest absolute Gasteiger partial charge is 0.481 e. The minimum absolute atomic E-state index is 0.160. The fraction of sp³-hybridized carbons (Fsp3) is 0.316. The molecule has 7 heteroatoms. The molecule has 2 rings (SSSR count). The number of amides is 1. The van der Waals surface area contributed by atoms with Crippen LogP contribution in [0.25, 0.3) is 0 Å². The summed E-state index contributed by atoms with van der Waals surface area (Å²) in [5, 5.41) is 2.71. The molecule has 0 heterocycles. The van der Waals surface area contributed by atoms with Gasteiger partial charge in [0, 0.05) is 19.8 Å². The van der Waals surface area contributed by atoms with E-state index < -0.39 is 16.1 Å². The second kappa shape index (κ2) is 7.88. The highest BCUT2D eigenvalue weighted by Crippen LogP contribution is 2.23. The first kappa shape index (κ1) is 19.9. The lowest BCUT2D eigenvalue weighted by Gasteiger charge is -2.17. The van der Waals surface area contributed by atoms with Crippen molar-refractivity contribution in [3.8, 4) is 5.75 Å². The van der Waals surface area contributed by atoms with Crippen LogP contribution in [0.15, 0.2) is 47.4 Å². The molecule has 6 nitrogen and oxygen atoms in total. The highest BCUT2D eigenvalue weighted by atomic mass is 32.2. The van der Waals surface area contributed by atoms with Crippen LogP contribution in [0.2, 0.25) is 0 Å². The van der Waals surface area contributed by atoms with E-state index in [1.54, 1.807) is 38.1 Å². The number of hydrogen-bond donors (Lipinski definition) is 1. The molecule has 0 aliphatic carbocycles.